The van der Waals surface area contributed by atoms with Gasteiger partial charge in [-0.25, -0.2) is 0 Å². The summed E-state index contributed by atoms with van der Waals surface area (Å²) in [4.78, 5) is 13.9. The monoisotopic (exact) mass is 199 g/mol. The Balaban J connectivity index is 2.84. The van der Waals surface area contributed by atoms with Crippen LogP contribution < -0.4 is 11.1 Å². The Labute approximate surface area is 81.1 Å². The summed E-state index contributed by atoms with van der Waals surface area (Å²) in [6.45, 7) is 2.32. The van der Waals surface area contributed by atoms with Crippen molar-refractivity contribution in [3.05, 3.63) is 16.3 Å². The molecule has 0 aromatic carbocycles. The van der Waals surface area contributed by atoms with Gasteiger partial charge in [0.15, 0.2) is 0 Å². The lowest BCUT2D eigenvalue weighted by atomic mass is 10.3. The molecule has 0 spiro atoms. The zero-order valence-electron chi connectivity index (χ0n) is 8.10. The summed E-state index contributed by atoms with van der Waals surface area (Å²) in [5, 5.41) is 13.4. The zero-order valence-corrected chi connectivity index (χ0v) is 8.10. The second-order valence-electron chi connectivity index (χ2n) is 3.04. The summed E-state index contributed by atoms with van der Waals surface area (Å²) in [6.07, 6.45) is 1.21. The number of nitrogens with one attached hydrogen (secondary N) is 1. The number of anilines is 1. The first-order valence-electron chi connectivity index (χ1n) is 4.19. The molecule has 1 unspecified atom stereocenters. The highest BCUT2D eigenvalue weighted by molar-refractivity contribution is 5.35. The van der Waals surface area contributed by atoms with Gasteiger partial charge in [-0.15, -0.1) is 0 Å². The van der Waals surface area contributed by atoms with Crippen LogP contribution >= 0.6 is 0 Å². The molecule has 1 heterocycles. The number of rotatable bonds is 4. The number of nitro groups is 1. The Bertz CT molecular complexity index is 335. The third kappa shape index (κ3) is 1.99. The third-order valence-electron chi connectivity index (χ3n) is 1.88. The maximum atomic E-state index is 10.5. The minimum Gasteiger partial charge on any atom is -0.358 e. The number of nitrogens with zero attached hydrogens (tertiary/aromatic N) is 3. The number of imidazole rings is 1. The highest BCUT2D eigenvalue weighted by Gasteiger charge is 2.16. The minimum atomic E-state index is -0.481. The van der Waals surface area contributed by atoms with Crippen molar-refractivity contribution < 1.29 is 4.92 Å². The predicted molar refractivity (Wildman–Crippen MR) is 52.0 cm³/mol. The fourth-order valence-corrected chi connectivity index (χ4v) is 0.984. The second kappa shape index (κ2) is 4.05. The lowest BCUT2D eigenvalue weighted by Gasteiger charge is -2.08. The molecule has 7 heteroatoms. The molecule has 0 radical (unpaired) electrons. The van der Waals surface area contributed by atoms with E-state index in [4.69, 9.17) is 5.73 Å². The van der Waals surface area contributed by atoms with Gasteiger partial charge in [0.25, 0.3) is 5.95 Å². The van der Waals surface area contributed by atoms with Crippen molar-refractivity contribution in [2.75, 3.05) is 11.9 Å². The molecule has 0 saturated heterocycles. The summed E-state index contributed by atoms with van der Waals surface area (Å²) >= 11 is 0. The van der Waals surface area contributed by atoms with Crippen LogP contribution in [0.15, 0.2) is 6.20 Å². The third-order valence-corrected chi connectivity index (χ3v) is 1.88. The Morgan fingerprint density at radius 3 is 2.93 bits per heavy atom. The zero-order chi connectivity index (χ0) is 10.7. The molecule has 3 N–H and O–H groups in total. The van der Waals surface area contributed by atoms with Crippen molar-refractivity contribution in [1.29, 1.82) is 0 Å². The molecule has 1 aromatic rings. The Kier molecular flexibility index (Phi) is 3.03. The highest BCUT2D eigenvalue weighted by Crippen LogP contribution is 2.15. The van der Waals surface area contributed by atoms with Gasteiger partial charge in [-0.2, -0.15) is 9.55 Å². The van der Waals surface area contributed by atoms with Crippen LogP contribution in [0.4, 0.5) is 11.8 Å². The number of hydrogen-bond donors (Lipinski definition) is 2. The van der Waals surface area contributed by atoms with E-state index in [1.807, 2.05) is 6.92 Å². The second-order valence-corrected chi connectivity index (χ2v) is 3.04. The van der Waals surface area contributed by atoms with Crippen LogP contribution in [0.2, 0.25) is 0 Å². The van der Waals surface area contributed by atoms with E-state index in [2.05, 4.69) is 10.3 Å². The van der Waals surface area contributed by atoms with E-state index >= 15 is 0 Å². The molecule has 7 nitrogen and oxygen atoms in total. The van der Waals surface area contributed by atoms with E-state index in [1.165, 1.54) is 10.8 Å². The first-order valence-corrected chi connectivity index (χ1v) is 4.19. The van der Waals surface area contributed by atoms with Gasteiger partial charge in [0.05, 0.1) is 7.05 Å². The number of hydrogen-bond acceptors (Lipinski definition) is 5. The van der Waals surface area contributed by atoms with E-state index in [9.17, 15) is 10.1 Å². The summed E-state index contributed by atoms with van der Waals surface area (Å²) in [7, 11) is 1.58. The summed E-state index contributed by atoms with van der Waals surface area (Å²) in [5.41, 5.74) is 5.40. The maximum Gasteiger partial charge on any atom is 0.344 e. The maximum absolute atomic E-state index is 10.5. The molecule has 0 aliphatic heterocycles. The first-order chi connectivity index (χ1) is 6.56. The van der Waals surface area contributed by atoms with Gasteiger partial charge in [0.2, 0.25) is 0 Å². The Morgan fingerprint density at radius 1 is 1.86 bits per heavy atom. The van der Waals surface area contributed by atoms with Crippen molar-refractivity contribution >= 4 is 11.8 Å². The average Bonchev–Trinajstić information content (AvgIpc) is 2.48. The van der Waals surface area contributed by atoms with E-state index in [0.717, 1.165) is 0 Å². The van der Waals surface area contributed by atoms with Gasteiger partial charge in [0.1, 0.15) is 6.20 Å². The molecular weight excluding hydrogens is 186 g/mol. The topological polar surface area (TPSA) is 99.0 Å². The molecule has 0 aliphatic carbocycles. The molecule has 0 bridgehead atoms. The molecule has 0 aliphatic rings. The summed E-state index contributed by atoms with van der Waals surface area (Å²) in [5.74, 6) is 0.409. The van der Waals surface area contributed by atoms with Crippen molar-refractivity contribution in [2.45, 2.75) is 13.0 Å². The largest absolute Gasteiger partial charge is 0.358 e. The average molecular weight is 199 g/mol. The van der Waals surface area contributed by atoms with Crippen LogP contribution in [0.3, 0.4) is 0 Å². The quantitative estimate of drug-likeness (QED) is 0.528. The van der Waals surface area contributed by atoms with Crippen molar-refractivity contribution in [1.82, 2.24) is 9.55 Å². The standard InChI is InChI=1S/C7H13N5O2/c1-5(3-8)10-7-9-4-6(11(7)2)12(13)14/h4-5H,3,8H2,1-2H3,(H,9,10). The van der Waals surface area contributed by atoms with Gasteiger partial charge in [-0.3, -0.25) is 0 Å². The van der Waals surface area contributed by atoms with E-state index < -0.39 is 4.92 Å². The van der Waals surface area contributed by atoms with Crippen LogP contribution in [0.5, 0.6) is 0 Å². The van der Waals surface area contributed by atoms with Crippen LogP contribution in [0.25, 0.3) is 0 Å². The fraction of sp³-hybridized carbons (Fsp3) is 0.571. The molecule has 1 aromatic heterocycles. The van der Waals surface area contributed by atoms with Gasteiger partial charge in [-0.1, -0.05) is 0 Å². The molecule has 1 atom stereocenters. The van der Waals surface area contributed by atoms with Gasteiger partial charge in [-0.05, 0) is 11.8 Å². The van der Waals surface area contributed by atoms with Crippen LogP contribution in [0, 0.1) is 10.1 Å². The van der Waals surface area contributed by atoms with Crippen LogP contribution in [-0.2, 0) is 7.05 Å². The Morgan fingerprint density at radius 2 is 2.50 bits per heavy atom. The highest BCUT2D eigenvalue weighted by atomic mass is 16.6. The minimum absolute atomic E-state index is 0.0377. The predicted octanol–water partition coefficient (Wildman–Crippen LogP) is 0.0874. The van der Waals surface area contributed by atoms with Gasteiger partial charge >= 0.3 is 5.82 Å². The smallest absolute Gasteiger partial charge is 0.344 e. The Hall–Kier alpha value is -1.63. The van der Waals surface area contributed by atoms with Crippen molar-refractivity contribution in [2.24, 2.45) is 12.8 Å². The van der Waals surface area contributed by atoms with E-state index in [1.54, 1.807) is 7.05 Å². The molecule has 0 fully saturated rings. The lowest BCUT2D eigenvalue weighted by Crippen LogP contribution is -2.26. The molecule has 1 rings (SSSR count). The SMILES string of the molecule is CC(CN)Nc1ncc([N+](=O)[O-])n1C. The van der Waals surface area contributed by atoms with Crippen LogP contribution in [0.1, 0.15) is 6.92 Å². The fourth-order valence-electron chi connectivity index (χ4n) is 0.984. The van der Waals surface area contributed by atoms with Crippen molar-refractivity contribution in [3.8, 4) is 0 Å². The van der Waals surface area contributed by atoms with E-state index in [0.29, 0.717) is 12.5 Å². The van der Waals surface area contributed by atoms with Gasteiger partial charge < -0.3 is 21.2 Å². The number of aromatic nitrogens is 2. The molecule has 0 amide bonds. The summed E-state index contributed by atoms with van der Waals surface area (Å²) in [6, 6.07) is 0.0377. The molecule has 0 saturated carbocycles. The van der Waals surface area contributed by atoms with Crippen molar-refractivity contribution in [3.63, 3.8) is 0 Å². The first kappa shape index (κ1) is 10.5. The lowest BCUT2D eigenvalue weighted by molar-refractivity contribution is -0.391. The molecular formula is C7H13N5O2. The molecule has 78 valence electrons. The normalized spacial score (nSPS) is 12.5. The van der Waals surface area contributed by atoms with Crippen LogP contribution in [-0.4, -0.2) is 27.1 Å². The summed E-state index contributed by atoms with van der Waals surface area (Å²) < 4.78 is 1.38. The van der Waals surface area contributed by atoms with Gasteiger partial charge in [0, 0.05) is 12.6 Å². The number of nitrogens with two attached hydrogens (primary N) is 1. The molecule has 14 heavy (non-hydrogen) atoms. The van der Waals surface area contributed by atoms with E-state index in [-0.39, 0.29) is 11.9 Å².